The molecule has 0 saturated heterocycles. The summed E-state index contributed by atoms with van der Waals surface area (Å²) in [5, 5.41) is 6.03. The van der Waals surface area contributed by atoms with E-state index in [1.807, 2.05) is 25.1 Å². The summed E-state index contributed by atoms with van der Waals surface area (Å²) in [6.45, 7) is 2.44. The smallest absolute Gasteiger partial charge is 0.338 e. The van der Waals surface area contributed by atoms with Crippen LogP contribution in [0.5, 0.6) is 5.75 Å². The van der Waals surface area contributed by atoms with Crippen LogP contribution in [0.1, 0.15) is 30.5 Å². The molecular formula is C21H20Cl2N2O4. The average Bonchev–Trinajstić information content (AvgIpc) is 2.72. The van der Waals surface area contributed by atoms with Crippen LogP contribution in [-0.4, -0.2) is 25.7 Å². The lowest BCUT2D eigenvalue weighted by Crippen LogP contribution is -2.45. The van der Waals surface area contributed by atoms with Gasteiger partial charge in [-0.1, -0.05) is 60.5 Å². The third-order valence-electron chi connectivity index (χ3n) is 4.34. The van der Waals surface area contributed by atoms with Crippen molar-refractivity contribution in [3.63, 3.8) is 0 Å². The van der Waals surface area contributed by atoms with Crippen LogP contribution in [0.3, 0.4) is 0 Å². The molecule has 0 spiro atoms. The number of hydrogen-bond acceptors (Lipinski definition) is 4. The van der Waals surface area contributed by atoms with Gasteiger partial charge < -0.3 is 20.1 Å². The van der Waals surface area contributed by atoms with Crippen molar-refractivity contribution < 1.29 is 19.1 Å². The summed E-state index contributed by atoms with van der Waals surface area (Å²) in [5.74, 6) is -0.217. The molecule has 0 aromatic heterocycles. The van der Waals surface area contributed by atoms with Crippen molar-refractivity contribution in [2.24, 2.45) is 0 Å². The minimum Gasteiger partial charge on any atom is -0.490 e. The van der Waals surface area contributed by atoms with Gasteiger partial charge in [0, 0.05) is 0 Å². The number of carbonyl (C=O) groups excluding carboxylic acids is 2. The summed E-state index contributed by atoms with van der Waals surface area (Å²) in [4.78, 5) is 25.0. The van der Waals surface area contributed by atoms with Crippen molar-refractivity contribution in [2.45, 2.75) is 19.4 Å². The number of ether oxygens (including phenoxy) is 2. The van der Waals surface area contributed by atoms with E-state index in [2.05, 4.69) is 10.6 Å². The molecule has 29 heavy (non-hydrogen) atoms. The summed E-state index contributed by atoms with van der Waals surface area (Å²) in [6.07, 6.45) is 0.800. The number of hydrogen-bond donors (Lipinski definition) is 2. The Morgan fingerprint density at radius 3 is 2.38 bits per heavy atom. The SMILES string of the molecule is CCCOc1c(Cl)cc(C2NC(=O)NC(c3ccccc3)=C2C(=O)OC)cc1Cl. The van der Waals surface area contributed by atoms with Gasteiger partial charge in [-0.15, -0.1) is 0 Å². The van der Waals surface area contributed by atoms with Gasteiger partial charge in [0.05, 0.1) is 41.1 Å². The Labute approximate surface area is 178 Å². The highest BCUT2D eigenvalue weighted by atomic mass is 35.5. The zero-order valence-corrected chi connectivity index (χ0v) is 17.4. The molecule has 0 saturated carbocycles. The summed E-state index contributed by atoms with van der Waals surface area (Å²) in [5.41, 5.74) is 1.82. The quantitative estimate of drug-likeness (QED) is 0.644. The molecule has 2 N–H and O–H groups in total. The predicted molar refractivity (Wildman–Crippen MR) is 112 cm³/mol. The first-order valence-electron chi connectivity index (χ1n) is 9.03. The van der Waals surface area contributed by atoms with Gasteiger partial charge in [-0.05, 0) is 29.7 Å². The Kier molecular flexibility index (Phi) is 6.67. The van der Waals surface area contributed by atoms with Crippen LogP contribution in [0.4, 0.5) is 4.79 Å². The van der Waals surface area contributed by atoms with Crippen molar-refractivity contribution in [1.29, 1.82) is 0 Å². The van der Waals surface area contributed by atoms with E-state index in [-0.39, 0.29) is 5.57 Å². The second kappa shape index (κ2) is 9.20. The zero-order valence-electron chi connectivity index (χ0n) is 15.9. The lowest BCUT2D eigenvalue weighted by atomic mass is 9.92. The normalized spacial score (nSPS) is 16.1. The maximum absolute atomic E-state index is 12.7. The molecule has 1 aliphatic heterocycles. The number of esters is 1. The highest BCUT2D eigenvalue weighted by Gasteiger charge is 2.34. The Hall–Kier alpha value is -2.70. The first-order valence-corrected chi connectivity index (χ1v) is 9.79. The van der Waals surface area contributed by atoms with Crippen molar-refractivity contribution in [3.8, 4) is 5.75 Å². The summed E-state index contributed by atoms with van der Waals surface area (Å²) >= 11 is 12.7. The van der Waals surface area contributed by atoms with E-state index < -0.39 is 18.0 Å². The molecule has 1 heterocycles. The standard InChI is InChI=1S/C21H20Cl2N2O4/c1-3-9-29-19-14(22)10-13(11-15(19)23)18-16(20(26)28-2)17(24-21(27)25-18)12-7-5-4-6-8-12/h4-8,10-11,18H,3,9H2,1-2H3,(H2,24,25,27). The van der Waals surface area contributed by atoms with Crippen LogP contribution >= 0.6 is 23.2 Å². The maximum Gasteiger partial charge on any atom is 0.338 e. The second-order valence-corrected chi connectivity index (χ2v) is 7.15. The molecule has 152 valence electrons. The molecule has 2 amide bonds. The van der Waals surface area contributed by atoms with Crippen LogP contribution in [-0.2, 0) is 9.53 Å². The third-order valence-corrected chi connectivity index (χ3v) is 4.91. The molecule has 3 rings (SSSR count). The van der Waals surface area contributed by atoms with E-state index in [9.17, 15) is 9.59 Å². The molecule has 1 unspecified atom stereocenters. The minimum absolute atomic E-state index is 0.243. The number of carbonyl (C=O) groups is 2. The monoisotopic (exact) mass is 434 g/mol. The Balaban J connectivity index is 2.14. The number of nitrogens with one attached hydrogen (secondary N) is 2. The van der Waals surface area contributed by atoms with Gasteiger partial charge in [-0.3, -0.25) is 0 Å². The van der Waals surface area contributed by atoms with E-state index >= 15 is 0 Å². The van der Waals surface area contributed by atoms with Crippen LogP contribution < -0.4 is 15.4 Å². The minimum atomic E-state index is -0.804. The molecule has 0 bridgehead atoms. The lowest BCUT2D eigenvalue weighted by molar-refractivity contribution is -0.136. The van der Waals surface area contributed by atoms with Crippen molar-refractivity contribution >= 4 is 40.9 Å². The van der Waals surface area contributed by atoms with Crippen molar-refractivity contribution in [2.75, 3.05) is 13.7 Å². The van der Waals surface area contributed by atoms with E-state index in [1.54, 1.807) is 24.3 Å². The second-order valence-electron chi connectivity index (χ2n) is 6.34. The highest BCUT2D eigenvalue weighted by molar-refractivity contribution is 6.37. The van der Waals surface area contributed by atoms with Gasteiger partial charge in [0.15, 0.2) is 5.75 Å². The first-order chi connectivity index (χ1) is 14.0. The third kappa shape index (κ3) is 4.49. The van der Waals surface area contributed by atoms with Gasteiger partial charge in [0.2, 0.25) is 0 Å². The van der Waals surface area contributed by atoms with Gasteiger partial charge >= 0.3 is 12.0 Å². The number of urea groups is 1. The molecule has 1 aliphatic rings. The van der Waals surface area contributed by atoms with E-state index in [0.717, 1.165) is 6.42 Å². The van der Waals surface area contributed by atoms with Gasteiger partial charge in [0.1, 0.15) is 0 Å². The number of rotatable bonds is 6. The van der Waals surface area contributed by atoms with Gasteiger partial charge in [-0.2, -0.15) is 0 Å². The number of benzene rings is 2. The van der Waals surface area contributed by atoms with Gasteiger partial charge in [0.25, 0.3) is 0 Å². The maximum atomic E-state index is 12.7. The number of amides is 2. The molecule has 8 heteroatoms. The van der Waals surface area contributed by atoms with E-state index in [4.69, 9.17) is 32.7 Å². The Morgan fingerprint density at radius 1 is 1.14 bits per heavy atom. The van der Waals surface area contributed by atoms with Gasteiger partial charge in [-0.25, -0.2) is 9.59 Å². The van der Waals surface area contributed by atoms with Crippen molar-refractivity contribution in [3.05, 3.63) is 69.2 Å². The molecule has 0 radical (unpaired) electrons. The van der Waals surface area contributed by atoms with E-state index in [0.29, 0.717) is 39.2 Å². The number of halogens is 2. The van der Waals surface area contributed by atoms with Crippen LogP contribution in [0.25, 0.3) is 5.70 Å². The summed E-state index contributed by atoms with van der Waals surface area (Å²) in [7, 11) is 1.28. The van der Waals surface area contributed by atoms with Crippen LogP contribution in [0.15, 0.2) is 48.0 Å². The summed E-state index contributed by atoms with van der Waals surface area (Å²) in [6, 6.07) is 11.0. The molecule has 2 aromatic rings. The molecule has 2 aromatic carbocycles. The molecular weight excluding hydrogens is 415 g/mol. The fraction of sp³-hybridized carbons (Fsp3) is 0.238. The van der Waals surface area contributed by atoms with E-state index in [1.165, 1.54) is 7.11 Å². The van der Waals surface area contributed by atoms with Crippen molar-refractivity contribution in [1.82, 2.24) is 10.6 Å². The largest absolute Gasteiger partial charge is 0.490 e. The fourth-order valence-electron chi connectivity index (χ4n) is 3.07. The number of methoxy groups -OCH3 is 1. The highest BCUT2D eigenvalue weighted by Crippen LogP contribution is 2.39. The average molecular weight is 435 g/mol. The zero-order chi connectivity index (χ0) is 21.0. The Morgan fingerprint density at radius 2 is 1.79 bits per heavy atom. The summed E-state index contributed by atoms with van der Waals surface area (Å²) < 4.78 is 10.6. The fourth-order valence-corrected chi connectivity index (χ4v) is 3.68. The van der Waals surface area contributed by atoms with Crippen LogP contribution in [0, 0.1) is 0 Å². The molecule has 1 atom stereocenters. The first kappa shape index (κ1) is 21.0. The topological polar surface area (TPSA) is 76.7 Å². The molecule has 0 fully saturated rings. The lowest BCUT2D eigenvalue weighted by Gasteiger charge is -2.29. The predicted octanol–water partition coefficient (Wildman–Crippen LogP) is 4.72. The molecule has 6 nitrogen and oxygen atoms in total. The molecule has 0 aliphatic carbocycles. The van der Waals surface area contributed by atoms with Crippen LogP contribution in [0.2, 0.25) is 10.0 Å². The Bertz CT molecular complexity index is 937.